The topological polar surface area (TPSA) is 70.8 Å². The molecule has 1 aliphatic carbocycles. The second kappa shape index (κ2) is 5.47. The fourth-order valence-corrected chi connectivity index (χ4v) is 1.94. The summed E-state index contributed by atoms with van der Waals surface area (Å²) in [4.78, 5) is 24.9. The van der Waals surface area contributed by atoms with Crippen LogP contribution in [0.2, 0.25) is 0 Å². The number of hydrogen-bond donors (Lipinski definition) is 1. The molecule has 0 spiro atoms. The summed E-state index contributed by atoms with van der Waals surface area (Å²) >= 11 is 0. The molecule has 0 aliphatic heterocycles. The van der Waals surface area contributed by atoms with E-state index in [1.165, 1.54) is 12.1 Å². The molecular weight excluding hydrogens is 246 g/mol. The highest BCUT2D eigenvalue weighted by molar-refractivity contribution is 5.93. The van der Waals surface area contributed by atoms with E-state index in [0.717, 1.165) is 19.3 Å². The second-order valence-electron chi connectivity index (χ2n) is 5.38. The number of furan rings is 1. The van der Waals surface area contributed by atoms with Crippen LogP contribution >= 0.6 is 0 Å². The van der Waals surface area contributed by atoms with Crippen LogP contribution in [0.15, 0.2) is 16.5 Å². The summed E-state index contributed by atoms with van der Waals surface area (Å²) < 4.78 is 5.08. The Kier molecular flexibility index (Phi) is 3.93. The molecule has 1 heterocycles. The van der Waals surface area contributed by atoms with Gasteiger partial charge in [0.25, 0.3) is 5.91 Å². The predicted octanol–water partition coefficient (Wildman–Crippen LogP) is 2.63. The second-order valence-corrected chi connectivity index (χ2v) is 5.38. The highest BCUT2D eigenvalue weighted by atomic mass is 16.4. The minimum absolute atomic E-state index is 0.119. The van der Waals surface area contributed by atoms with E-state index in [9.17, 15) is 9.59 Å². The van der Waals surface area contributed by atoms with Crippen molar-refractivity contribution in [1.82, 2.24) is 4.90 Å². The minimum Gasteiger partial charge on any atom is -0.475 e. The number of amides is 1. The molecule has 1 aromatic rings. The van der Waals surface area contributed by atoms with Gasteiger partial charge in [0, 0.05) is 12.6 Å². The number of carbonyl (C=O) groups excluding carboxylic acids is 1. The maximum Gasteiger partial charge on any atom is 0.371 e. The Morgan fingerprint density at radius 1 is 1.37 bits per heavy atom. The molecule has 1 aliphatic rings. The molecule has 5 heteroatoms. The van der Waals surface area contributed by atoms with Gasteiger partial charge in [-0.2, -0.15) is 0 Å². The lowest BCUT2D eigenvalue weighted by Gasteiger charge is -2.22. The van der Waals surface area contributed by atoms with Crippen molar-refractivity contribution in [3.8, 4) is 0 Å². The molecule has 0 radical (unpaired) electrons. The normalized spacial score (nSPS) is 14.7. The summed E-state index contributed by atoms with van der Waals surface area (Å²) in [7, 11) is 0. The Morgan fingerprint density at radius 2 is 2.00 bits per heavy atom. The lowest BCUT2D eigenvalue weighted by molar-refractivity contribution is 0.0646. The standard InChI is InChI=1S/C14H19NO4/c1-9(2)7-8-15(10-3-4-10)13(16)11-5-6-12(19-11)14(17)18/h5-6,9-10H,3-4,7-8H2,1-2H3,(H,17,18). The highest BCUT2D eigenvalue weighted by Gasteiger charge is 2.34. The van der Waals surface area contributed by atoms with Crippen LogP contribution in [0.4, 0.5) is 0 Å². The third kappa shape index (κ3) is 3.36. The molecule has 5 nitrogen and oxygen atoms in total. The zero-order chi connectivity index (χ0) is 14.0. The third-order valence-corrected chi connectivity index (χ3v) is 3.22. The monoisotopic (exact) mass is 265 g/mol. The van der Waals surface area contributed by atoms with Gasteiger partial charge in [0.15, 0.2) is 5.76 Å². The zero-order valence-corrected chi connectivity index (χ0v) is 11.3. The molecule has 1 aromatic heterocycles. The van der Waals surface area contributed by atoms with Gasteiger partial charge in [-0.3, -0.25) is 4.79 Å². The largest absolute Gasteiger partial charge is 0.475 e. The molecule has 0 aromatic carbocycles. The number of carbonyl (C=O) groups is 2. The molecule has 1 amide bonds. The van der Waals surface area contributed by atoms with Crippen molar-refractivity contribution in [3.05, 3.63) is 23.7 Å². The van der Waals surface area contributed by atoms with Gasteiger partial charge in [-0.15, -0.1) is 0 Å². The molecular formula is C14H19NO4. The molecule has 1 saturated carbocycles. The van der Waals surface area contributed by atoms with Gasteiger partial charge in [0.05, 0.1) is 0 Å². The van der Waals surface area contributed by atoms with Crippen LogP contribution in [-0.2, 0) is 0 Å². The average molecular weight is 265 g/mol. The van der Waals surface area contributed by atoms with Crippen molar-refractivity contribution >= 4 is 11.9 Å². The fraction of sp³-hybridized carbons (Fsp3) is 0.571. The number of carboxylic acids is 1. The maximum atomic E-state index is 12.3. The third-order valence-electron chi connectivity index (χ3n) is 3.22. The smallest absolute Gasteiger partial charge is 0.371 e. The molecule has 104 valence electrons. The van der Waals surface area contributed by atoms with Crippen molar-refractivity contribution in [3.63, 3.8) is 0 Å². The van der Waals surface area contributed by atoms with Crippen molar-refractivity contribution < 1.29 is 19.1 Å². The first-order chi connectivity index (χ1) is 8.99. The van der Waals surface area contributed by atoms with E-state index >= 15 is 0 Å². The van der Waals surface area contributed by atoms with Crippen LogP contribution in [0.25, 0.3) is 0 Å². The molecule has 19 heavy (non-hydrogen) atoms. The van der Waals surface area contributed by atoms with Gasteiger partial charge < -0.3 is 14.4 Å². The molecule has 1 N–H and O–H groups in total. The first-order valence-electron chi connectivity index (χ1n) is 6.63. The van der Waals surface area contributed by atoms with E-state index in [4.69, 9.17) is 9.52 Å². The number of aromatic carboxylic acids is 1. The molecule has 0 unspecified atom stereocenters. The van der Waals surface area contributed by atoms with Crippen LogP contribution in [0.3, 0.4) is 0 Å². The minimum atomic E-state index is -1.15. The first kappa shape index (κ1) is 13.6. The first-order valence-corrected chi connectivity index (χ1v) is 6.63. The van der Waals surface area contributed by atoms with E-state index < -0.39 is 5.97 Å². The van der Waals surface area contributed by atoms with Crippen LogP contribution in [0, 0.1) is 5.92 Å². The van der Waals surface area contributed by atoms with E-state index in [1.54, 1.807) is 0 Å². The van der Waals surface area contributed by atoms with Crippen LogP contribution in [-0.4, -0.2) is 34.5 Å². The van der Waals surface area contributed by atoms with Gasteiger partial charge >= 0.3 is 5.97 Å². The summed E-state index contributed by atoms with van der Waals surface area (Å²) in [5.41, 5.74) is 0. The summed E-state index contributed by atoms with van der Waals surface area (Å²) in [5.74, 6) is -0.897. The number of carboxylic acid groups (broad SMARTS) is 1. The Morgan fingerprint density at radius 3 is 2.47 bits per heavy atom. The average Bonchev–Trinajstić information content (AvgIpc) is 3.05. The van der Waals surface area contributed by atoms with E-state index in [-0.39, 0.29) is 17.4 Å². The van der Waals surface area contributed by atoms with Gasteiger partial charge in [-0.25, -0.2) is 4.79 Å². The van der Waals surface area contributed by atoms with Crippen LogP contribution < -0.4 is 0 Å². The summed E-state index contributed by atoms with van der Waals surface area (Å²) in [6.45, 7) is 4.93. The zero-order valence-electron chi connectivity index (χ0n) is 11.3. The highest BCUT2D eigenvalue weighted by Crippen LogP contribution is 2.29. The van der Waals surface area contributed by atoms with Gasteiger partial charge in [0.2, 0.25) is 5.76 Å². The van der Waals surface area contributed by atoms with Crippen LogP contribution in [0.5, 0.6) is 0 Å². The van der Waals surface area contributed by atoms with Crippen molar-refractivity contribution in [1.29, 1.82) is 0 Å². The van der Waals surface area contributed by atoms with E-state index in [1.807, 2.05) is 4.90 Å². The molecule has 0 saturated heterocycles. The number of hydrogen-bond acceptors (Lipinski definition) is 3. The summed E-state index contributed by atoms with van der Waals surface area (Å²) in [6.07, 6.45) is 2.99. The van der Waals surface area contributed by atoms with Gasteiger partial charge in [-0.1, -0.05) is 13.8 Å². The Bertz CT molecular complexity index is 474. The SMILES string of the molecule is CC(C)CCN(C(=O)c1ccc(C(=O)O)o1)C1CC1. The van der Waals surface area contributed by atoms with Crippen molar-refractivity contribution in [2.45, 2.75) is 39.2 Å². The van der Waals surface area contributed by atoms with Crippen molar-refractivity contribution in [2.24, 2.45) is 5.92 Å². The lowest BCUT2D eigenvalue weighted by atomic mass is 10.1. The Hall–Kier alpha value is -1.78. The quantitative estimate of drug-likeness (QED) is 0.858. The fourth-order valence-electron chi connectivity index (χ4n) is 1.94. The lowest BCUT2D eigenvalue weighted by Crippen LogP contribution is -2.34. The molecule has 0 bridgehead atoms. The Labute approximate surface area is 112 Å². The maximum absolute atomic E-state index is 12.3. The van der Waals surface area contributed by atoms with Crippen molar-refractivity contribution in [2.75, 3.05) is 6.54 Å². The summed E-state index contributed by atoms with van der Waals surface area (Å²) in [5, 5.41) is 8.80. The van der Waals surface area contributed by atoms with Gasteiger partial charge in [0.1, 0.15) is 0 Å². The van der Waals surface area contributed by atoms with E-state index in [2.05, 4.69) is 13.8 Å². The molecule has 0 atom stereocenters. The predicted molar refractivity (Wildman–Crippen MR) is 69.2 cm³/mol. The number of nitrogens with zero attached hydrogens (tertiary/aromatic N) is 1. The Balaban J connectivity index is 2.07. The molecule has 2 rings (SSSR count). The van der Waals surface area contributed by atoms with Gasteiger partial charge in [-0.05, 0) is 37.3 Å². The van der Waals surface area contributed by atoms with Crippen LogP contribution in [0.1, 0.15) is 54.2 Å². The molecule has 1 fully saturated rings. The number of rotatable bonds is 6. The van der Waals surface area contributed by atoms with E-state index in [0.29, 0.717) is 18.5 Å². The summed E-state index contributed by atoms with van der Waals surface area (Å²) in [6, 6.07) is 3.06.